The average molecular weight is 444 g/mol. The minimum absolute atomic E-state index is 0.172. The smallest absolute Gasteiger partial charge is 0.222 e. The fraction of sp³-hybridized carbons (Fsp3) is 0.385. The highest BCUT2D eigenvalue weighted by Crippen LogP contribution is 2.34. The van der Waals surface area contributed by atoms with Crippen LogP contribution >= 0.6 is 0 Å². The van der Waals surface area contributed by atoms with Gasteiger partial charge < -0.3 is 20.1 Å². The SMILES string of the molecule is OC1CCCN(c2ccc3[nH]nc(-c4cc5ccccc5c(OC5CCNCC5)n4)c3c2)C1. The number of fused-ring (bicyclic) bond motifs is 2. The number of H-pyrrole nitrogens is 1. The Hall–Kier alpha value is -3.16. The monoisotopic (exact) mass is 443 g/mol. The number of β-amino-alcohol motifs (C(OH)–C–C–N with tert-alkyl or cyclic N) is 1. The Morgan fingerprint density at radius 1 is 1.00 bits per heavy atom. The number of aliphatic hydroxyl groups excluding tert-OH is 1. The molecule has 7 nitrogen and oxygen atoms in total. The van der Waals surface area contributed by atoms with E-state index in [1.807, 2.05) is 12.1 Å². The van der Waals surface area contributed by atoms with Gasteiger partial charge in [0.1, 0.15) is 11.8 Å². The van der Waals surface area contributed by atoms with Crippen LogP contribution in [0.3, 0.4) is 0 Å². The summed E-state index contributed by atoms with van der Waals surface area (Å²) in [7, 11) is 0. The number of piperidine rings is 2. The van der Waals surface area contributed by atoms with Crippen LogP contribution in [0, 0.1) is 0 Å². The molecular weight excluding hydrogens is 414 g/mol. The molecule has 1 atom stereocenters. The van der Waals surface area contributed by atoms with Gasteiger partial charge in [0, 0.05) is 29.5 Å². The van der Waals surface area contributed by atoms with Crippen molar-refractivity contribution in [2.45, 2.75) is 37.9 Å². The molecule has 0 radical (unpaired) electrons. The molecule has 1 unspecified atom stereocenters. The van der Waals surface area contributed by atoms with E-state index in [1.54, 1.807) is 0 Å². The largest absolute Gasteiger partial charge is 0.474 e. The Balaban J connectivity index is 1.42. The summed E-state index contributed by atoms with van der Waals surface area (Å²) in [6.45, 7) is 3.57. The first-order chi connectivity index (χ1) is 16.2. The third-order valence-corrected chi connectivity index (χ3v) is 6.82. The van der Waals surface area contributed by atoms with Gasteiger partial charge in [-0.1, -0.05) is 18.2 Å². The third kappa shape index (κ3) is 4.03. The second-order valence-corrected chi connectivity index (χ2v) is 9.15. The maximum atomic E-state index is 10.1. The Morgan fingerprint density at radius 3 is 2.76 bits per heavy atom. The van der Waals surface area contributed by atoms with Crippen molar-refractivity contribution in [3.05, 3.63) is 48.5 Å². The van der Waals surface area contributed by atoms with E-state index >= 15 is 0 Å². The van der Waals surface area contributed by atoms with Crippen molar-refractivity contribution in [3.63, 3.8) is 0 Å². The molecule has 7 heteroatoms. The number of hydrogen-bond donors (Lipinski definition) is 3. The number of rotatable bonds is 4. The number of hydrogen-bond acceptors (Lipinski definition) is 6. The molecule has 0 bridgehead atoms. The Kier molecular flexibility index (Phi) is 5.36. The minimum atomic E-state index is -0.268. The van der Waals surface area contributed by atoms with Crippen LogP contribution in [0.2, 0.25) is 0 Å². The first-order valence-corrected chi connectivity index (χ1v) is 11.9. The zero-order chi connectivity index (χ0) is 22.2. The molecule has 2 aliphatic rings. The predicted molar refractivity (Wildman–Crippen MR) is 131 cm³/mol. The first kappa shape index (κ1) is 20.4. The predicted octanol–water partition coefficient (Wildman–Crippen LogP) is 3.87. The van der Waals surface area contributed by atoms with E-state index in [9.17, 15) is 5.11 Å². The van der Waals surface area contributed by atoms with Crippen LogP contribution in [0.1, 0.15) is 25.7 Å². The quantitative estimate of drug-likeness (QED) is 0.444. The lowest BCUT2D eigenvalue weighted by Crippen LogP contribution is -2.38. The molecule has 3 N–H and O–H groups in total. The van der Waals surface area contributed by atoms with Crippen LogP contribution < -0.4 is 15.0 Å². The molecule has 4 aromatic rings. The van der Waals surface area contributed by atoms with Gasteiger partial charge >= 0.3 is 0 Å². The van der Waals surface area contributed by atoms with Gasteiger partial charge in [0.25, 0.3) is 0 Å². The lowest BCUT2D eigenvalue weighted by atomic mass is 10.1. The average Bonchev–Trinajstić information content (AvgIpc) is 3.28. The van der Waals surface area contributed by atoms with Gasteiger partial charge in [-0.25, -0.2) is 4.98 Å². The summed E-state index contributed by atoms with van der Waals surface area (Å²) < 4.78 is 6.42. The number of aromatic amines is 1. The van der Waals surface area contributed by atoms with Crippen LogP contribution in [-0.4, -0.2) is 58.7 Å². The lowest BCUT2D eigenvalue weighted by Gasteiger charge is -2.32. The molecule has 6 rings (SSSR count). The van der Waals surface area contributed by atoms with Crippen molar-refractivity contribution in [1.82, 2.24) is 20.5 Å². The number of nitrogens with zero attached hydrogens (tertiary/aromatic N) is 3. The van der Waals surface area contributed by atoms with E-state index in [4.69, 9.17) is 9.72 Å². The van der Waals surface area contributed by atoms with E-state index in [0.29, 0.717) is 12.4 Å². The molecule has 2 aliphatic heterocycles. The van der Waals surface area contributed by atoms with Crippen LogP contribution in [0.5, 0.6) is 5.88 Å². The van der Waals surface area contributed by atoms with Crippen molar-refractivity contribution in [3.8, 4) is 17.3 Å². The number of aromatic nitrogens is 3. The third-order valence-electron chi connectivity index (χ3n) is 6.82. The normalized spacial score (nSPS) is 19.9. The Bertz CT molecular complexity index is 1280. The Labute approximate surface area is 192 Å². The molecular formula is C26H29N5O2. The second kappa shape index (κ2) is 8.65. The van der Waals surface area contributed by atoms with Crippen LogP contribution in [-0.2, 0) is 0 Å². The molecule has 0 amide bonds. The van der Waals surface area contributed by atoms with Gasteiger partial charge in [-0.05, 0) is 74.5 Å². The van der Waals surface area contributed by atoms with Gasteiger partial charge in [-0.2, -0.15) is 5.10 Å². The van der Waals surface area contributed by atoms with E-state index in [2.05, 4.69) is 56.8 Å². The summed E-state index contributed by atoms with van der Waals surface area (Å²) in [5.41, 5.74) is 3.71. The molecule has 2 saturated heterocycles. The molecule has 2 aromatic carbocycles. The molecule has 33 heavy (non-hydrogen) atoms. The first-order valence-electron chi connectivity index (χ1n) is 11.9. The van der Waals surface area contributed by atoms with Crippen molar-refractivity contribution in [2.24, 2.45) is 0 Å². The fourth-order valence-corrected chi connectivity index (χ4v) is 5.03. The van der Waals surface area contributed by atoms with Gasteiger partial charge in [0.05, 0.1) is 17.3 Å². The van der Waals surface area contributed by atoms with Gasteiger partial charge in [0.2, 0.25) is 5.88 Å². The van der Waals surface area contributed by atoms with Crippen LogP contribution in [0.15, 0.2) is 48.5 Å². The summed E-state index contributed by atoms with van der Waals surface area (Å²) in [6.07, 6.45) is 3.74. The lowest BCUT2D eigenvalue weighted by molar-refractivity contribution is 0.154. The number of nitrogens with one attached hydrogen (secondary N) is 2. The molecule has 0 aliphatic carbocycles. The second-order valence-electron chi connectivity index (χ2n) is 9.15. The van der Waals surface area contributed by atoms with E-state index in [-0.39, 0.29) is 12.2 Å². The maximum Gasteiger partial charge on any atom is 0.222 e. The summed E-state index contributed by atoms with van der Waals surface area (Å²) in [6, 6.07) is 16.7. The van der Waals surface area contributed by atoms with Gasteiger partial charge in [-0.3, -0.25) is 5.10 Å². The zero-order valence-electron chi connectivity index (χ0n) is 18.6. The van der Waals surface area contributed by atoms with Crippen molar-refractivity contribution in [1.29, 1.82) is 0 Å². The van der Waals surface area contributed by atoms with Crippen molar-refractivity contribution in [2.75, 3.05) is 31.1 Å². The highest BCUT2D eigenvalue weighted by atomic mass is 16.5. The molecule has 0 spiro atoms. The summed E-state index contributed by atoms with van der Waals surface area (Å²) in [5.74, 6) is 0.682. The fourth-order valence-electron chi connectivity index (χ4n) is 5.03. The highest BCUT2D eigenvalue weighted by Gasteiger charge is 2.21. The van der Waals surface area contributed by atoms with Crippen molar-refractivity contribution >= 4 is 27.4 Å². The molecule has 2 fully saturated rings. The summed E-state index contributed by atoms with van der Waals surface area (Å²) in [4.78, 5) is 7.22. The Morgan fingerprint density at radius 2 is 1.88 bits per heavy atom. The number of pyridine rings is 1. The van der Waals surface area contributed by atoms with E-state index in [1.165, 1.54) is 0 Å². The molecule has 0 saturated carbocycles. The molecule has 2 aromatic heterocycles. The van der Waals surface area contributed by atoms with Crippen LogP contribution in [0.25, 0.3) is 33.1 Å². The highest BCUT2D eigenvalue weighted by molar-refractivity contribution is 5.97. The summed E-state index contributed by atoms with van der Waals surface area (Å²) in [5, 5.41) is 24.5. The summed E-state index contributed by atoms with van der Waals surface area (Å²) >= 11 is 0. The molecule has 4 heterocycles. The minimum Gasteiger partial charge on any atom is -0.474 e. The van der Waals surface area contributed by atoms with Crippen molar-refractivity contribution < 1.29 is 9.84 Å². The zero-order valence-corrected chi connectivity index (χ0v) is 18.6. The van der Waals surface area contributed by atoms with E-state index < -0.39 is 0 Å². The standard InChI is InChI=1S/C26H29N5O2/c32-19-5-3-13-31(16-19)18-7-8-23-22(15-18)25(30-29-23)24-14-17-4-1-2-6-21(17)26(28-24)33-20-9-11-27-12-10-20/h1-2,4,6-8,14-15,19-20,27,32H,3,5,9-13,16H2,(H,29,30). The van der Waals surface area contributed by atoms with E-state index in [0.717, 1.165) is 84.1 Å². The topological polar surface area (TPSA) is 86.3 Å². The maximum absolute atomic E-state index is 10.1. The molecule has 170 valence electrons. The van der Waals surface area contributed by atoms with Crippen LogP contribution in [0.4, 0.5) is 5.69 Å². The van der Waals surface area contributed by atoms with Gasteiger partial charge in [-0.15, -0.1) is 0 Å². The number of anilines is 1. The van der Waals surface area contributed by atoms with Gasteiger partial charge in [0.15, 0.2) is 0 Å². The number of aliphatic hydroxyl groups is 1. The number of benzene rings is 2. The number of ether oxygens (including phenoxy) is 1.